The average molecular weight is 427 g/mol. The first-order valence-electron chi connectivity index (χ1n) is 10.5. The molecule has 0 fully saturated rings. The maximum Gasteiger partial charge on any atom is 0.264 e. The van der Waals surface area contributed by atoms with Crippen molar-refractivity contribution < 1.29 is 23.8 Å². The average Bonchev–Trinajstić information content (AvgIpc) is 2.93. The fraction of sp³-hybridized carbons (Fsp3) is 0.417. The number of carbonyl (C=O) groups is 2. The number of methoxy groups -OCH3 is 2. The molecule has 166 valence electrons. The minimum atomic E-state index is -0.498. The summed E-state index contributed by atoms with van der Waals surface area (Å²) < 4.78 is 16.5. The van der Waals surface area contributed by atoms with Gasteiger partial charge in [0.15, 0.2) is 17.6 Å². The van der Waals surface area contributed by atoms with Crippen LogP contribution in [0, 0.1) is 0 Å². The Bertz CT molecular complexity index is 959. The highest BCUT2D eigenvalue weighted by Crippen LogP contribution is 2.31. The summed E-state index contributed by atoms with van der Waals surface area (Å²) >= 11 is 0. The van der Waals surface area contributed by atoms with Gasteiger partial charge in [-0.05, 0) is 56.2 Å². The lowest BCUT2D eigenvalue weighted by Gasteiger charge is -2.28. The quantitative estimate of drug-likeness (QED) is 0.716. The monoisotopic (exact) mass is 426 g/mol. The van der Waals surface area contributed by atoms with Gasteiger partial charge in [0.25, 0.3) is 11.8 Å². The number of hydrogen-bond donors (Lipinski definition) is 1. The summed E-state index contributed by atoms with van der Waals surface area (Å²) in [5.74, 6) is 1.45. The third kappa shape index (κ3) is 4.76. The van der Waals surface area contributed by atoms with Crippen molar-refractivity contribution in [3.8, 4) is 17.2 Å². The van der Waals surface area contributed by atoms with Crippen LogP contribution in [0.3, 0.4) is 0 Å². The molecular weight excluding hydrogens is 396 g/mol. The molecule has 7 nitrogen and oxygen atoms in total. The van der Waals surface area contributed by atoms with Crippen LogP contribution in [0.5, 0.6) is 17.2 Å². The molecule has 0 bridgehead atoms. The van der Waals surface area contributed by atoms with E-state index in [9.17, 15) is 9.59 Å². The van der Waals surface area contributed by atoms with E-state index in [4.69, 9.17) is 14.2 Å². The second kappa shape index (κ2) is 9.73. The summed E-state index contributed by atoms with van der Waals surface area (Å²) in [4.78, 5) is 27.6. The Kier molecular flexibility index (Phi) is 7.05. The van der Waals surface area contributed by atoms with Gasteiger partial charge in [-0.1, -0.05) is 13.8 Å². The Morgan fingerprint density at radius 2 is 1.90 bits per heavy atom. The number of hydrogen-bond acceptors (Lipinski definition) is 5. The van der Waals surface area contributed by atoms with Gasteiger partial charge in [-0.15, -0.1) is 0 Å². The van der Waals surface area contributed by atoms with Crippen LogP contribution in [-0.2, 0) is 11.3 Å². The van der Waals surface area contributed by atoms with E-state index in [1.54, 1.807) is 31.4 Å². The molecule has 2 aromatic carbocycles. The number of anilines is 1. The lowest BCUT2D eigenvalue weighted by Crippen LogP contribution is -2.43. The molecule has 1 aliphatic rings. The van der Waals surface area contributed by atoms with Crippen molar-refractivity contribution in [1.29, 1.82) is 0 Å². The van der Waals surface area contributed by atoms with Gasteiger partial charge >= 0.3 is 0 Å². The van der Waals surface area contributed by atoms with Crippen molar-refractivity contribution in [2.45, 2.75) is 52.3 Å². The zero-order valence-corrected chi connectivity index (χ0v) is 18.7. The minimum Gasteiger partial charge on any atom is -0.493 e. The number of nitrogens with one attached hydrogen (secondary N) is 1. The van der Waals surface area contributed by atoms with Gasteiger partial charge < -0.3 is 24.4 Å². The first-order chi connectivity index (χ1) is 14.9. The smallest absolute Gasteiger partial charge is 0.264 e. The molecule has 0 saturated carbocycles. The van der Waals surface area contributed by atoms with Gasteiger partial charge in [0, 0.05) is 29.4 Å². The summed E-state index contributed by atoms with van der Waals surface area (Å²) in [6.07, 6.45) is 0.957. The van der Waals surface area contributed by atoms with Crippen molar-refractivity contribution in [2.75, 3.05) is 19.5 Å². The lowest BCUT2D eigenvalue weighted by molar-refractivity contribution is -0.140. The zero-order valence-electron chi connectivity index (χ0n) is 18.7. The molecule has 0 unspecified atom stereocenters. The van der Waals surface area contributed by atoms with Crippen molar-refractivity contribution >= 4 is 17.5 Å². The SMILES string of the molecule is CC[C@@H]1Oc2ccc(NC(=O)c3ccc(OC)c(OC)c3)cc2CN([C@H](C)CC)C1=O. The molecule has 0 spiro atoms. The molecule has 0 saturated heterocycles. The molecular formula is C24H30N2O5. The van der Waals surface area contributed by atoms with E-state index in [1.165, 1.54) is 7.11 Å². The van der Waals surface area contributed by atoms with Gasteiger partial charge in [0.1, 0.15) is 5.75 Å². The molecule has 0 radical (unpaired) electrons. The fourth-order valence-electron chi connectivity index (χ4n) is 3.58. The third-order valence-corrected chi connectivity index (χ3v) is 5.63. The van der Waals surface area contributed by atoms with Gasteiger partial charge in [-0.3, -0.25) is 9.59 Å². The molecule has 3 rings (SSSR count). The zero-order chi connectivity index (χ0) is 22.5. The van der Waals surface area contributed by atoms with Crippen LogP contribution in [0.4, 0.5) is 5.69 Å². The third-order valence-electron chi connectivity index (χ3n) is 5.63. The first kappa shape index (κ1) is 22.5. The number of fused-ring (bicyclic) bond motifs is 1. The number of carbonyl (C=O) groups excluding carboxylic acids is 2. The Labute approximate surface area is 183 Å². The summed E-state index contributed by atoms with van der Waals surface area (Å²) in [5, 5.41) is 2.92. The van der Waals surface area contributed by atoms with Crippen molar-refractivity contribution in [3.05, 3.63) is 47.5 Å². The lowest BCUT2D eigenvalue weighted by atomic mass is 10.1. The number of benzene rings is 2. The van der Waals surface area contributed by atoms with Crippen LogP contribution in [0.2, 0.25) is 0 Å². The Balaban J connectivity index is 1.86. The van der Waals surface area contributed by atoms with E-state index in [1.807, 2.05) is 30.9 Å². The van der Waals surface area contributed by atoms with Crippen LogP contribution >= 0.6 is 0 Å². The minimum absolute atomic E-state index is 0.00367. The van der Waals surface area contributed by atoms with E-state index >= 15 is 0 Å². The second-order valence-electron chi connectivity index (χ2n) is 7.58. The molecule has 1 heterocycles. The van der Waals surface area contributed by atoms with E-state index in [0.29, 0.717) is 41.5 Å². The van der Waals surface area contributed by atoms with Crippen molar-refractivity contribution in [1.82, 2.24) is 4.90 Å². The normalized spacial score (nSPS) is 16.6. The predicted molar refractivity (Wildman–Crippen MR) is 119 cm³/mol. The maximum atomic E-state index is 12.9. The molecule has 0 aliphatic carbocycles. The van der Waals surface area contributed by atoms with E-state index < -0.39 is 6.10 Å². The van der Waals surface area contributed by atoms with Gasteiger partial charge in [-0.2, -0.15) is 0 Å². The van der Waals surface area contributed by atoms with E-state index in [0.717, 1.165) is 12.0 Å². The highest BCUT2D eigenvalue weighted by Gasteiger charge is 2.32. The van der Waals surface area contributed by atoms with E-state index in [2.05, 4.69) is 12.2 Å². The molecule has 7 heteroatoms. The molecule has 0 aromatic heterocycles. The molecule has 31 heavy (non-hydrogen) atoms. The van der Waals surface area contributed by atoms with Crippen LogP contribution in [0.1, 0.15) is 49.5 Å². The van der Waals surface area contributed by atoms with Gasteiger partial charge in [-0.25, -0.2) is 0 Å². The van der Waals surface area contributed by atoms with Gasteiger partial charge in [0.05, 0.1) is 14.2 Å². The highest BCUT2D eigenvalue weighted by atomic mass is 16.5. The molecule has 1 N–H and O–H groups in total. The summed E-state index contributed by atoms with van der Waals surface area (Å²) in [7, 11) is 3.08. The topological polar surface area (TPSA) is 77.1 Å². The summed E-state index contributed by atoms with van der Waals surface area (Å²) in [6, 6.07) is 10.6. The molecule has 2 amide bonds. The Morgan fingerprint density at radius 3 is 2.55 bits per heavy atom. The number of rotatable bonds is 7. The maximum absolute atomic E-state index is 12.9. The summed E-state index contributed by atoms with van der Waals surface area (Å²) in [6.45, 7) is 6.49. The van der Waals surface area contributed by atoms with Crippen LogP contribution in [0.15, 0.2) is 36.4 Å². The predicted octanol–water partition coefficient (Wildman–Crippen LogP) is 4.25. The van der Waals surface area contributed by atoms with Crippen LogP contribution in [0.25, 0.3) is 0 Å². The largest absolute Gasteiger partial charge is 0.493 e. The number of amides is 2. The van der Waals surface area contributed by atoms with Crippen molar-refractivity contribution in [2.24, 2.45) is 0 Å². The first-order valence-corrected chi connectivity index (χ1v) is 10.5. The second-order valence-corrected chi connectivity index (χ2v) is 7.58. The highest BCUT2D eigenvalue weighted by molar-refractivity contribution is 6.04. The Hall–Kier alpha value is -3.22. The molecule has 2 aromatic rings. The number of ether oxygens (including phenoxy) is 3. The molecule has 1 aliphatic heterocycles. The van der Waals surface area contributed by atoms with E-state index in [-0.39, 0.29) is 17.9 Å². The summed E-state index contributed by atoms with van der Waals surface area (Å²) in [5.41, 5.74) is 1.95. The van der Waals surface area contributed by atoms with Crippen LogP contribution in [-0.4, -0.2) is 43.1 Å². The Morgan fingerprint density at radius 1 is 1.16 bits per heavy atom. The van der Waals surface area contributed by atoms with Gasteiger partial charge in [0.2, 0.25) is 0 Å². The van der Waals surface area contributed by atoms with Crippen LogP contribution < -0.4 is 19.5 Å². The van der Waals surface area contributed by atoms with Crippen molar-refractivity contribution in [3.63, 3.8) is 0 Å². The fourth-order valence-corrected chi connectivity index (χ4v) is 3.58. The standard InChI is InChI=1S/C24H30N2O5/c1-6-15(3)26-14-17-12-18(9-11-20(17)31-19(7-2)24(26)28)25-23(27)16-8-10-21(29-4)22(13-16)30-5/h8-13,15,19H,6-7,14H2,1-5H3,(H,25,27)/t15-,19+/m1/s1. The molecule has 2 atom stereocenters. The number of nitrogens with zero attached hydrogens (tertiary/aromatic N) is 1.